The van der Waals surface area contributed by atoms with E-state index in [0.29, 0.717) is 0 Å². The Morgan fingerprint density at radius 1 is 1.33 bits per heavy atom. The normalized spacial score (nSPS) is 10.7. The molecule has 0 aliphatic carbocycles. The van der Waals surface area contributed by atoms with Crippen LogP contribution in [0.1, 0.15) is 5.56 Å². The van der Waals surface area contributed by atoms with Gasteiger partial charge in [0.15, 0.2) is 0 Å². The number of benzene rings is 1. The van der Waals surface area contributed by atoms with E-state index in [2.05, 4.69) is 62.0 Å². The molecular weight excluding hydrogens is 282 g/mol. The molecule has 0 N–H and O–H groups in total. The molecule has 0 bridgehead atoms. The van der Waals surface area contributed by atoms with Crippen molar-refractivity contribution < 1.29 is 0 Å². The van der Waals surface area contributed by atoms with Gasteiger partial charge in [0.05, 0.1) is 5.45 Å². The summed E-state index contributed by atoms with van der Waals surface area (Å²) in [5.74, 6) is 0. The Morgan fingerprint density at radius 3 is 2.58 bits per heavy atom. The third kappa shape index (κ3) is 2.88. The number of hydrogen-bond donors (Lipinski definition) is 0. The van der Waals surface area contributed by atoms with E-state index in [1.165, 1.54) is 10.0 Å². The second-order valence-electron chi connectivity index (χ2n) is 2.73. The summed E-state index contributed by atoms with van der Waals surface area (Å²) in [7, 11) is 2.08. The number of nitrogens with zero attached hydrogens (tertiary/aromatic N) is 1. The molecule has 3 heteroatoms. The van der Waals surface area contributed by atoms with Crippen molar-refractivity contribution in [1.82, 2.24) is 4.90 Å². The Bertz CT molecular complexity index is 250. The van der Waals surface area contributed by atoms with E-state index in [1.54, 1.807) is 0 Å². The summed E-state index contributed by atoms with van der Waals surface area (Å²) in [6.07, 6.45) is 0. The molecule has 0 aliphatic rings. The maximum atomic E-state index is 3.51. The lowest BCUT2D eigenvalue weighted by atomic mass is 10.2. The van der Waals surface area contributed by atoms with Gasteiger partial charge in [-0.1, -0.05) is 50.1 Å². The minimum absolute atomic E-state index is 0.897. The zero-order chi connectivity index (χ0) is 8.97. The summed E-state index contributed by atoms with van der Waals surface area (Å²) in [6.45, 7) is 0.965. The fourth-order valence-corrected chi connectivity index (χ4v) is 1.55. The Labute approximate surface area is 90.0 Å². The molecule has 0 saturated heterocycles. The molecule has 1 rings (SSSR count). The summed E-state index contributed by atoms with van der Waals surface area (Å²) >= 11 is 6.92. The van der Waals surface area contributed by atoms with E-state index >= 15 is 0 Å². The van der Waals surface area contributed by atoms with E-state index in [1.807, 2.05) is 6.07 Å². The molecule has 0 amide bonds. The van der Waals surface area contributed by atoms with Gasteiger partial charge in [-0.2, -0.15) is 0 Å². The van der Waals surface area contributed by atoms with Crippen LogP contribution >= 0.6 is 31.9 Å². The first-order chi connectivity index (χ1) is 5.74. The molecule has 0 unspecified atom stereocenters. The smallest absolute Gasteiger partial charge is 0.0542 e. The highest BCUT2D eigenvalue weighted by Gasteiger charge is 2.00. The number of hydrogen-bond acceptors (Lipinski definition) is 1. The SMILES string of the molecule is CN(CBr)Cc1ccccc1Br. The van der Waals surface area contributed by atoms with Crippen molar-refractivity contribution in [3.8, 4) is 0 Å². The maximum absolute atomic E-state index is 3.51. The lowest BCUT2D eigenvalue weighted by Gasteiger charge is -2.13. The first-order valence-corrected chi connectivity index (χ1v) is 5.63. The molecule has 66 valence electrons. The first-order valence-electron chi connectivity index (χ1n) is 3.72. The van der Waals surface area contributed by atoms with Gasteiger partial charge in [0, 0.05) is 11.0 Å². The van der Waals surface area contributed by atoms with Gasteiger partial charge in [0.1, 0.15) is 0 Å². The Kier molecular flexibility index (Phi) is 4.26. The minimum atomic E-state index is 0.897. The average molecular weight is 293 g/mol. The first kappa shape index (κ1) is 10.2. The van der Waals surface area contributed by atoms with E-state index in [9.17, 15) is 0 Å². The van der Waals surface area contributed by atoms with Crippen LogP contribution < -0.4 is 0 Å². The van der Waals surface area contributed by atoms with Crippen molar-refractivity contribution in [2.45, 2.75) is 6.54 Å². The molecular formula is C9H11Br2N. The summed E-state index contributed by atoms with van der Waals surface area (Å²) in [5, 5.41) is 0. The molecule has 1 aromatic carbocycles. The highest BCUT2D eigenvalue weighted by atomic mass is 79.9. The van der Waals surface area contributed by atoms with E-state index in [4.69, 9.17) is 0 Å². The van der Waals surface area contributed by atoms with Crippen LogP contribution in [0.3, 0.4) is 0 Å². The van der Waals surface area contributed by atoms with Gasteiger partial charge in [-0.25, -0.2) is 0 Å². The molecule has 0 radical (unpaired) electrons. The fourth-order valence-electron chi connectivity index (χ4n) is 0.960. The topological polar surface area (TPSA) is 3.24 Å². The van der Waals surface area contributed by atoms with Gasteiger partial charge in [0.25, 0.3) is 0 Å². The Morgan fingerprint density at radius 2 is 2.00 bits per heavy atom. The molecule has 0 heterocycles. The van der Waals surface area contributed by atoms with E-state index in [0.717, 1.165) is 12.0 Å². The number of rotatable bonds is 3. The molecule has 0 fully saturated rings. The van der Waals surface area contributed by atoms with Crippen LogP contribution in [0.25, 0.3) is 0 Å². The molecule has 0 aliphatic heterocycles. The van der Waals surface area contributed by atoms with Gasteiger partial charge in [-0.05, 0) is 18.7 Å². The predicted octanol–water partition coefficient (Wildman–Crippen LogP) is 3.23. The van der Waals surface area contributed by atoms with Crippen molar-refractivity contribution in [2.75, 3.05) is 12.5 Å². The second kappa shape index (κ2) is 5.00. The third-order valence-electron chi connectivity index (χ3n) is 1.60. The summed E-state index contributed by atoms with van der Waals surface area (Å²) in [6, 6.07) is 8.28. The average Bonchev–Trinajstić information content (AvgIpc) is 2.09. The summed E-state index contributed by atoms with van der Waals surface area (Å²) < 4.78 is 1.18. The van der Waals surface area contributed by atoms with Crippen molar-refractivity contribution in [3.63, 3.8) is 0 Å². The molecule has 12 heavy (non-hydrogen) atoms. The maximum Gasteiger partial charge on any atom is 0.0542 e. The van der Waals surface area contributed by atoms with Gasteiger partial charge in [-0.15, -0.1) is 0 Å². The van der Waals surface area contributed by atoms with Crippen molar-refractivity contribution in [1.29, 1.82) is 0 Å². The fraction of sp³-hybridized carbons (Fsp3) is 0.333. The van der Waals surface area contributed by atoms with Crippen LogP contribution in [0.2, 0.25) is 0 Å². The van der Waals surface area contributed by atoms with Crippen LogP contribution in [-0.2, 0) is 6.54 Å². The molecule has 0 atom stereocenters. The molecule has 0 saturated carbocycles. The minimum Gasteiger partial charge on any atom is -0.292 e. The monoisotopic (exact) mass is 291 g/mol. The van der Waals surface area contributed by atoms with Crippen molar-refractivity contribution >= 4 is 31.9 Å². The van der Waals surface area contributed by atoms with E-state index < -0.39 is 0 Å². The van der Waals surface area contributed by atoms with Crippen LogP contribution in [-0.4, -0.2) is 17.4 Å². The highest BCUT2D eigenvalue weighted by molar-refractivity contribution is 9.10. The van der Waals surface area contributed by atoms with Crippen LogP contribution in [0.4, 0.5) is 0 Å². The zero-order valence-corrected chi connectivity index (χ0v) is 10.1. The van der Waals surface area contributed by atoms with Crippen LogP contribution in [0, 0.1) is 0 Å². The van der Waals surface area contributed by atoms with Crippen molar-refractivity contribution in [3.05, 3.63) is 34.3 Å². The summed E-state index contributed by atoms with van der Waals surface area (Å²) in [5.41, 5.74) is 2.22. The molecule has 0 spiro atoms. The largest absolute Gasteiger partial charge is 0.292 e. The highest BCUT2D eigenvalue weighted by Crippen LogP contribution is 2.17. The van der Waals surface area contributed by atoms with Crippen molar-refractivity contribution in [2.24, 2.45) is 0 Å². The van der Waals surface area contributed by atoms with Gasteiger partial charge in [0.2, 0.25) is 0 Å². The molecule has 1 nitrogen and oxygen atoms in total. The number of alkyl halides is 1. The lowest BCUT2D eigenvalue weighted by Crippen LogP contribution is -2.15. The predicted molar refractivity (Wildman–Crippen MR) is 59.4 cm³/mol. The quantitative estimate of drug-likeness (QED) is 0.611. The van der Waals surface area contributed by atoms with Crippen LogP contribution in [0.15, 0.2) is 28.7 Å². The molecule has 0 aromatic heterocycles. The summed E-state index contributed by atoms with van der Waals surface area (Å²) in [4.78, 5) is 2.19. The van der Waals surface area contributed by atoms with Gasteiger partial charge in [-0.3, -0.25) is 4.90 Å². The third-order valence-corrected chi connectivity index (χ3v) is 3.23. The standard InChI is InChI=1S/C9H11Br2N/c1-12(7-10)6-8-4-2-3-5-9(8)11/h2-5H,6-7H2,1H3. The Hall–Kier alpha value is 0.140. The Balaban J connectivity index is 2.69. The van der Waals surface area contributed by atoms with E-state index in [-0.39, 0.29) is 0 Å². The van der Waals surface area contributed by atoms with Crippen LogP contribution in [0.5, 0.6) is 0 Å². The van der Waals surface area contributed by atoms with Gasteiger partial charge >= 0.3 is 0 Å². The molecule has 1 aromatic rings. The van der Waals surface area contributed by atoms with Gasteiger partial charge < -0.3 is 0 Å². The number of halogens is 2. The zero-order valence-electron chi connectivity index (χ0n) is 6.93. The lowest BCUT2D eigenvalue weighted by molar-refractivity contribution is 0.389. The second-order valence-corrected chi connectivity index (χ2v) is 4.08.